The molecule has 0 aliphatic heterocycles. The number of aliphatic hydroxyl groups excluding tert-OH is 1. The summed E-state index contributed by atoms with van der Waals surface area (Å²) in [6, 6.07) is 6.70. The highest BCUT2D eigenvalue weighted by molar-refractivity contribution is 5.45. The molecule has 0 atom stereocenters. The lowest BCUT2D eigenvalue weighted by molar-refractivity contribution is 0.255. The van der Waals surface area contributed by atoms with E-state index in [0.717, 1.165) is 36.9 Å². The highest BCUT2D eigenvalue weighted by Gasteiger charge is 2.28. The van der Waals surface area contributed by atoms with Crippen LogP contribution in [0.1, 0.15) is 37.3 Å². The summed E-state index contributed by atoms with van der Waals surface area (Å²) < 4.78 is 5.32. The normalized spacial score (nSPS) is 14.0. The lowest BCUT2D eigenvalue weighted by atomic mass is 10.1. The number of methoxy groups -OCH3 is 1. The smallest absolute Gasteiger partial charge is 0.119 e. The number of nitrogens with zero attached hydrogens (tertiary/aromatic N) is 1. The molecule has 1 saturated carbocycles. The molecular formula is C17H23NO2. The van der Waals surface area contributed by atoms with Crippen LogP contribution < -0.4 is 4.74 Å². The second-order valence-corrected chi connectivity index (χ2v) is 5.18. The van der Waals surface area contributed by atoms with Gasteiger partial charge >= 0.3 is 0 Å². The molecule has 0 aromatic heterocycles. The van der Waals surface area contributed by atoms with Crippen molar-refractivity contribution in [1.82, 2.24) is 4.90 Å². The minimum atomic E-state index is -0.104. The molecule has 0 amide bonds. The fourth-order valence-electron chi connectivity index (χ4n) is 2.42. The number of ether oxygens (including phenoxy) is 1. The maximum Gasteiger partial charge on any atom is 0.119 e. The van der Waals surface area contributed by atoms with Gasteiger partial charge in [-0.05, 0) is 49.6 Å². The van der Waals surface area contributed by atoms with Gasteiger partial charge in [-0.1, -0.05) is 18.8 Å². The standard InChI is InChI=1S/C17H23NO2/c1-3-10-18(16-7-8-16)13-15-12-17(20-2)9-6-14(15)5-4-11-19/h6,9,12,16,19H,3,7-8,10-11,13H2,1-2H3. The molecule has 3 heteroatoms. The first-order valence-corrected chi connectivity index (χ1v) is 7.29. The summed E-state index contributed by atoms with van der Waals surface area (Å²) in [6.07, 6.45) is 3.78. The van der Waals surface area contributed by atoms with E-state index >= 15 is 0 Å². The molecule has 1 fully saturated rings. The molecule has 1 aliphatic rings. The number of benzene rings is 1. The number of hydrogen-bond donors (Lipinski definition) is 1. The minimum absolute atomic E-state index is 0.104. The van der Waals surface area contributed by atoms with Gasteiger partial charge in [-0.2, -0.15) is 0 Å². The second-order valence-electron chi connectivity index (χ2n) is 5.18. The van der Waals surface area contributed by atoms with Crippen LogP contribution in [-0.4, -0.2) is 36.3 Å². The average molecular weight is 273 g/mol. The van der Waals surface area contributed by atoms with Crippen molar-refractivity contribution >= 4 is 0 Å². The van der Waals surface area contributed by atoms with Gasteiger partial charge in [-0.15, -0.1) is 0 Å². The summed E-state index contributed by atoms with van der Waals surface area (Å²) in [7, 11) is 1.68. The van der Waals surface area contributed by atoms with E-state index in [1.54, 1.807) is 7.11 Å². The Bertz CT molecular complexity index is 497. The van der Waals surface area contributed by atoms with E-state index in [1.165, 1.54) is 18.4 Å². The third kappa shape index (κ3) is 4.00. The van der Waals surface area contributed by atoms with Crippen LogP contribution in [0, 0.1) is 11.8 Å². The van der Waals surface area contributed by atoms with E-state index in [4.69, 9.17) is 9.84 Å². The molecule has 1 aliphatic carbocycles. The fourth-order valence-corrected chi connectivity index (χ4v) is 2.42. The van der Waals surface area contributed by atoms with Gasteiger partial charge in [0.2, 0.25) is 0 Å². The van der Waals surface area contributed by atoms with Gasteiger partial charge in [0.1, 0.15) is 12.4 Å². The van der Waals surface area contributed by atoms with Crippen LogP contribution in [0.15, 0.2) is 18.2 Å². The molecule has 1 N–H and O–H groups in total. The van der Waals surface area contributed by atoms with E-state index in [2.05, 4.69) is 29.7 Å². The molecule has 0 saturated heterocycles. The molecule has 3 nitrogen and oxygen atoms in total. The van der Waals surface area contributed by atoms with E-state index in [0.29, 0.717) is 0 Å². The molecular weight excluding hydrogens is 250 g/mol. The first-order valence-electron chi connectivity index (χ1n) is 7.29. The fraction of sp³-hybridized carbons (Fsp3) is 0.529. The van der Waals surface area contributed by atoms with Crippen LogP contribution in [0.4, 0.5) is 0 Å². The number of rotatable bonds is 6. The quantitative estimate of drug-likeness (QED) is 0.808. The minimum Gasteiger partial charge on any atom is -0.497 e. The Morgan fingerprint density at radius 2 is 2.20 bits per heavy atom. The Labute approximate surface area is 121 Å². The van der Waals surface area contributed by atoms with Crippen molar-refractivity contribution in [1.29, 1.82) is 0 Å². The summed E-state index contributed by atoms with van der Waals surface area (Å²) >= 11 is 0. The lowest BCUT2D eigenvalue weighted by Gasteiger charge is -2.22. The molecule has 108 valence electrons. The third-order valence-electron chi connectivity index (χ3n) is 3.56. The van der Waals surface area contributed by atoms with Crippen LogP contribution in [0.5, 0.6) is 5.75 Å². The average Bonchev–Trinajstić information content (AvgIpc) is 3.30. The Morgan fingerprint density at radius 3 is 2.80 bits per heavy atom. The molecule has 0 radical (unpaired) electrons. The Morgan fingerprint density at radius 1 is 1.40 bits per heavy atom. The van der Waals surface area contributed by atoms with Gasteiger partial charge in [0.05, 0.1) is 7.11 Å². The van der Waals surface area contributed by atoms with Gasteiger partial charge in [-0.25, -0.2) is 0 Å². The topological polar surface area (TPSA) is 32.7 Å². The summed E-state index contributed by atoms with van der Waals surface area (Å²) in [5.41, 5.74) is 2.17. The molecule has 0 spiro atoms. The van der Waals surface area contributed by atoms with Crippen molar-refractivity contribution in [3.05, 3.63) is 29.3 Å². The van der Waals surface area contributed by atoms with Crippen LogP contribution in [0.3, 0.4) is 0 Å². The highest BCUT2D eigenvalue weighted by Crippen LogP contribution is 2.29. The van der Waals surface area contributed by atoms with Gasteiger partial charge in [-0.3, -0.25) is 4.90 Å². The van der Waals surface area contributed by atoms with Gasteiger partial charge in [0, 0.05) is 18.2 Å². The molecule has 2 rings (SSSR count). The zero-order valence-electron chi connectivity index (χ0n) is 12.4. The van der Waals surface area contributed by atoms with E-state index in [9.17, 15) is 0 Å². The maximum absolute atomic E-state index is 8.87. The molecule has 0 unspecified atom stereocenters. The third-order valence-corrected chi connectivity index (χ3v) is 3.56. The summed E-state index contributed by atoms with van der Waals surface area (Å²) in [6.45, 7) is 4.14. The van der Waals surface area contributed by atoms with Crippen molar-refractivity contribution in [3.63, 3.8) is 0 Å². The first kappa shape index (κ1) is 14.9. The number of aliphatic hydroxyl groups is 1. The van der Waals surface area contributed by atoms with Crippen molar-refractivity contribution in [3.8, 4) is 17.6 Å². The van der Waals surface area contributed by atoms with Crippen molar-refractivity contribution < 1.29 is 9.84 Å². The second kappa shape index (κ2) is 7.33. The van der Waals surface area contributed by atoms with Crippen LogP contribution in [0.25, 0.3) is 0 Å². The predicted molar refractivity (Wildman–Crippen MR) is 80.7 cm³/mol. The van der Waals surface area contributed by atoms with E-state index in [-0.39, 0.29) is 6.61 Å². The summed E-state index contributed by atoms with van der Waals surface area (Å²) in [5.74, 6) is 6.64. The maximum atomic E-state index is 8.87. The molecule has 20 heavy (non-hydrogen) atoms. The van der Waals surface area contributed by atoms with Crippen LogP contribution in [0.2, 0.25) is 0 Å². The zero-order chi connectivity index (χ0) is 14.4. The van der Waals surface area contributed by atoms with Gasteiger partial charge in [0.25, 0.3) is 0 Å². The summed E-state index contributed by atoms with van der Waals surface area (Å²) in [5, 5.41) is 8.87. The van der Waals surface area contributed by atoms with Crippen molar-refractivity contribution in [2.45, 2.75) is 38.8 Å². The lowest BCUT2D eigenvalue weighted by Crippen LogP contribution is -2.26. The monoisotopic (exact) mass is 273 g/mol. The molecule has 0 heterocycles. The van der Waals surface area contributed by atoms with Gasteiger partial charge in [0.15, 0.2) is 0 Å². The Hall–Kier alpha value is -1.50. The summed E-state index contributed by atoms with van der Waals surface area (Å²) in [4.78, 5) is 2.53. The van der Waals surface area contributed by atoms with E-state index in [1.807, 2.05) is 12.1 Å². The van der Waals surface area contributed by atoms with Gasteiger partial charge < -0.3 is 9.84 Å². The molecule has 0 bridgehead atoms. The zero-order valence-corrected chi connectivity index (χ0v) is 12.4. The Kier molecular flexibility index (Phi) is 5.46. The van der Waals surface area contributed by atoms with E-state index < -0.39 is 0 Å². The van der Waals surface area contributed by atoms with Crippen molar-refractivity contribution in [2.24, 2.45) is 0 Å². The molecule has 1 aromatic carbocycles. The van der Waals surface area contributed by atoms with Crippen molar-refractivity contribution in [2.75, 3.05) is 20.3 Å². The Balaban J connectivity index is 2.21. The van der Waals surface area contributed by atoms with Crippen LogP contribution >= 0.6 is 0 Å². The largest absolute Gasteiger partial charge is 0.497 e. The SMILES string of the molecule is CCCN(Cc1cc(OC)ccc1C#CCO)C1CC1. The number of hydrogen-bond acceptors (Lipinski definition) is 3. The molecule has 1 aromatic rings. The highest BCUT2D eigenvalue weighted by atomic mass is 16.5. The first-order chi connectivity index (χ1) is 9.78. The predicted octanol–water partition coefficient (Wildman–Crippen LogP) is 2.41. The van der Waals surface area contributed by atoms with Crippen LogP contribution in [-0.2, 0) is 6.54 Å².